The van der Waals surface area contributed by atoms with Crippen LogP contribution < -0.4 is 0 Å². The van der Waals surface area contributed by atoms with E-state index < -0.39 is 0 Å². The molecule has 0 aromatic heterocycles. The zero-order valence-corrected chi connectivity index (χ0v) is 5.57. The average molecular weight is 108 g/mol. The molecule has 44 valence electrons. The van der Waals surface area contributed by atoms with Gasteiger partial charge in [-0.1, -0.05) is 23.3 Å². The van der Waals surface area contributed by atoms with Crippen molar-refractivity contribution in [2.24, 2.45) is 0 Å². The van der Waals surface area contributed by atoms with Crippen LogP contribution in [0.2, 0.25) is 0 Å². The maximum atomic E-state index is 2.24. The largest absolute Gasteiger partial charge is 0.0842 e. The maximum absolute atomic E-state index is 2.24. The molecule has 0 aromatic carbocycles. The Kier molecular flexibility index (Phi) is 1.52. The predicted octanol–water partition coefficient (Wildman–Crippen LogP) is 2.67. The summed E-state index contributed by atoms with van der Waals surface area (Å²) in [7, 11) is 0. The van der Waals surface area contributed by atoms with Crippen molar-refractivity contribution in [1.29, 1.82) is 0 Å². The summed E-state index contributed by atoms with van der Waals surface area (Å²) in [6.07, 6.45) is 6.82. The SMILES string of the molecule is CC1=C(C)CC=CC1. The van der Waals surface area contributed by atoms with Crippen molar-refractivity contribution in [3.63, 3.8) is 0 Å². The molecule has 0 saturated heterocycles. The standard InChI is InChI=1S/C8H12/c1-7-5-3-4-6-8(7)2/h3-4H,5-6H2,1-2H3. The minimum Gasteiger partial charge on any atom is -0.0842 e. The molecule has 0 unspecified atom stereocenters. The Labute approximate surface area is 50.9 Å². The van der Waals surface area contributed by atoms with Crippen LogP contribution in [0.5, 0.6) is 0 Å². The molecular weight excluding hydrogens is 96.1 g/mol. The smallest absolute Gasteiger partial charge is 0.0139 e. The number of allylic oxidation sites excluding steroid dienone is 4. The van der Waals surface area contributed by atoms with Gasteiger partial charge < -0.3 is 0 Å². The molecule has 1 aliphatic rings. The number of rotatable bonds is 0. The molecule has 1 rings (SSSR count). The van der Waals surface area contributed by atoms with Gasteiger partial charge in [0.25, 0.3) is 0 Å². The summed E-state index contributed by atoms with van der Waals surface area (Å²) in [5.74, 6) is 0. The molecule has 0 aromatic rings. The first-order chi connectivity index (χ1) is 3.80. The van der Waals surface area contributed by atoms with Gasteiger partial charge in [0.1, 0.15) is 0 Å². The Morgan fingerprint density at radius 2 is 1.38 bits per heavy atom. The summed E-state index contributed by atoms with van der Waals surface area (Å²) in [4.78, 5) is 0. The van der Waals surface area contributed by atoms with E-state index in [0.717, 1.165) is 0 Å². The fourth-order valence-electron chi connectivity index (χ4n) is 0.869. The summed E-state index contributed by atoms with van der Waals surface area (Å²) in [6, 6.07) is 0. The van der Waals surface area contributed by atoms with Crippen LogP contribution in [-0.2, 0) is 0 Å². The second-order valence-electron chi connectivity index (χ2n) is 2.44. The lowest BCUT2D eigenvalue weighted by Gasteiger charge is -2.06. The first-order valence-electron chi connectivity index (χ1n) is 3.11. The highest BCUT2D eigenvalue weighted by molar-refractivity contribution is 5.20. The molecule has 0 heteroatoms. The molecule has 0 radical (unpaired) electrons. The van der Waals surface area contributed by atoms with Gasteiger partial charge in [0.15, 0.2) is 0 Å². The van der Waals surface area contributed by atoms with Gasteiger partial charge in [0.2, 0.25) is 0 Å². The van der Waals surface area contributed by atoms with Crippen LogP contribution in [0.1, 0.15) is 26.7 Å². The molecule has 0 aliphatic heterocycles. The van der Waals surface area contributed by atoms with E-state index >= 15 is 0 Å². The molecule has 0 heterocycles. The third kappa shape index (κ3) is 1.00. The third-order valence-corrected chi connectivity index (χ3v) is 1.74. The zero-order valence-electron chi connectivity index (χ0n) is 5.57. The highest BCUT2D eigenvalue weighted by atomic mass is 14.0. The van der Waals surface area contributed by atoms with Gasteiger partial charge in [-0.05, 0) is 26.7 Å². The highest BCUT2D eigenvalue weighted by Gasteiger charge is 1.96. The summed E-state index contributed by atoms with van der Waals surface area (Å²) >= 11 is 0. The van der Waals surface area contributed by atoms with Gasteiger partial charge in [-0.15, -0.1) is 0 Å². The Morgan fingerprint density at radius 3 is 1.62 bits per heavy atom. The van der Waals surface area contributed by atoms with Crippen molar-refractivity contribution < 1.29 is 0 Å². The number of hydrogen-bond acceptors (Lipinski definition) is 0. The molecule has 0 saturated carbocycles. The molecule has 8 heavy (non-hydrogen) atoms. The summed E-state index contributed by atoms with van der Waals surface area (Å²) in [6.45, 7) is 4.41. The average Bonchev–Trinajstić information content (AvgIpc) is 1.77. The topological polar surface area (TPSA) is 0 Å². The van der Waals surface area contributed by atoms with Crippen molar-refractivity contribution in [2.45, 2.75) is 26.7 Å². The molecule has 0 nitrogen and oxygen atoms in total. The van der Waals surface area contributed by atoms with Gasteiger partial charge in [-0.3, -0.25) is 0 Å². The molecule has 0 bridgehead atoms. The van der Waals surface area contributed by atoms with Crippen LogP contribution >= 0.6 is 0 Å². The van der Waals surface area contributed by atoms with E-state index in [1.165, 1.54) is 12.8 Å². The monoisotopic (exact) mass is 108 g/mol. The molecule has 0 atom stereocenters. The quantitative estimate of drug-likeness (QED) is 0.418. The molecule has 1 aliphatic carbocycles. The Morgan fingerprint density at radius 1 is 1.00 bits per heavy atom. The second-order valence-corrected chi connectivity index (χ2v) is 2.44. The lowest BCUT2D eigenvalue weighted by Crippen LogP contribution is -1.86. The zero-order chi connectivity index (χ0) is 5.98. The molecule has 0 fully saturated rings. The molecular formula is C8H12. The Bertz CT molecular complexity index is 122. The van der Waals surface area contributed by atoms with Crippen LogP contribution in [0.3, 0.4) is 0 Å². The van der Waals surface area contributed by atoms with Gasteiger partial charge in [-0.25, -0.2) is 0 Å². The van der Waals surface area contributed by atoms with Gasteiger partial charge >= 0.3 is 0 Å². The van der Waals surface area contributed by atoms with E-state index in [4.69, 9.17) is 0 Å². The van der Waals surface area contributed by atoms with Crippen molar-refractivity contribution in [3.05, 3.63) is 23.3 Å². The van der Waals surface area contributed by atoms with E-state index in [1.54, 1.807) is 11.1 Å². The van der Waals surface area contributed by atoms with Gasteiger partial charge in [0, 0.05) is 0 Å². The second kappa shape index (κ2) is 2.17. The molecule has 0 amide bonds. The normalized spacial score (nSPS) is 19.8. The Balaban J connectivity index is 2.67. The van der Waals surface area contributed by atoms with Gasteiger partial charge in [-0.2, -0.15) is 0 Å². The molecule has 0 spiro atoms. The van der Waals surface area contributed by atoms with Crippen LogP contribution in [0.4, 0.5) is 0 Å². The Hall–Kier alpha value is -0.520. The van der Waals surface area contributed by atoms with Crippen molar-refractivity contribution in [3.8, 4) is 0 Å². The fraction of sp³-hybridized carbons (Fsp3) is 0.500. The lowest BCUT2D eigenvalue weighted by atomic mass is 10.0. The van der Waals surface area contributed by atoms with E-state index in [1.807, 2.05) is 0 Å². The van der Waals surface area contributed by atoms with E-state index in [-0.39, 0.29) is 0 Å². The highest BCUT2D eigenvalue weighted by Crippen LogP contribution is 2.16. The van der Waals surface area contributed by atoms with Crippen LogP contribution in [0.25, 0.3) is 0 Å². The van der Waals surface area contributed by atoms with Gasteiger partial charge in [0.05, 0.1) is 0 Å². The first kappa shape index (κ1) is 5.61. The van der Waals surface area contributed by atoms with Crippen molar-refractivity contribution in [1.82, 2.24) is 0 Å². The summed E-state index contributed by atoms with van der Waals surface area (Å²) in [5, 5.41) is 0. The summed E-state index contributed by atoms with van der Waals surface area (Å²) < 4.78 is 0. The van der Waals surface area contributed by atoms with Crippen LogP contribution in [0, 0.1) is 0 Å². The van der Waals surface area contributed by atoms with E-state index in [0.29, 0.717) is 0 Å². The van der Waals surface area contributed by atoms with E-state index in [2.05, 4.69) is 26.0 Å². The minimum atomic E-state index is 1.17. The minimum absolute atomic E-state index is 1.17. The molecule has 0 N–H and O–H groups in total. The third-order valence-electron chi connectivity index (χ3n) is 1.74. The first-order valence-corrected chi connectivity index (χ1v) is 3.11. The van der Waals surface area contributed by atoms with Crippen molar-refractivity contribution >= 4 is 0 Å². The lowest BCUT2D eigenvalue weighted by molar-refractivity contribution is 1.03. The fourth-order valence-corrected chi connectivity index (χ4v) is 0.869. The summed E-state index contributed by atoms with van der Waals surface area (Å²) in [5.41, 5.74) is 3.10. The maximum Gasteiger partial charge on any atom is -0.0139 e. The van der Waals surface area contributed by atoms with Crippen LogP contribution in [0.15, 0.2) is 23.3 Å². The number of hydrogen-bond donors (Lipinski definition) is 0. The predicted molar refractivity (Wildman–Crippen MR) is 36.7 cm³/mol. The van der Waals surface area contributed by atoms with E-state index in [9.17, 15) is 0 Å². The van der Waals surface area contributed by atoms with Crippen LogP contribution in [-0.4, -0.2) is 0 Å². The van der Waals surface area contributed by atoms with Crippen molar-refractivity contribution in [2.75, 3.05) is 0 Å².